The molecule has 0 amide bonds. The molecule has 1 aromatic heterocycles. The Balaban J connectivity index is 1.57. The van der Waals surface area contributed by atoms with Crippen molar-refractivity contribution >= 4 is 5.97 Å². The molecule has 0 aliphatic heterocycles. The van der Waals surface area contributed by atoms with Gasteiger partial charge in [-0.1, -0.05) is 50.2 Å². The Morgan fingerprint density at radius 3 is 2.35 bits per heavy atom. The summed E-state index contributed by atoms with van der Waals surface area (Å²) < 4.78 is 31.1. The number of halogens is 1. The zero-order valence-corrected chi connectivity index (χ0v) is 21.3. The number of methoxy groups -OCH3 is 1. The SMILES string of the molecule is COc1ccc(F)c(-c2cc(COc3ccc(C(CC(=O)O)c4ccon4)cc3)ccc2C(C)(C)C)c1. The highest BCUT2D eigenvalue weighted by molar-refractivity contribution is 5.71. The lowest BCUT2D eigenvalue weighted by Gasteiger charge is -2.24. The summed E-state index contributed by atoms with van der Waals surface area (Å²) in [5.41, 5.74) is 4.35. The van der Waals surface area contributed by atoms with Gasteiger partial charge in [-0.3, -0.25) is 4.79 Å². The van der Waals surface area contributed by atoms with Crippen molar-refractivity contribution < 1.29 is 28.3 Å². The number of carbonyl (C=O) groups is 1. The van der Waals surface area contributed by atoms with Crippen LogP contribution < -0.4 is 9.47 Å². The van der Waals surface area contributed by atoms with Gasteiger partial charge in [-0.15, -0.1) is 0 Å². The maximum atomic E-state index is 14.9. The maximum Gasteiger partial charge on any atom is 0.304 e. The number of carboxylic acid groups (broad SMARTS) is 1. The van der Waals surface area contributed by atoms with Gasteiger partial charge in [0.1, 0.15) is 30.2 Å². The maximum absolute atomic E-state index is 14.9. The zero-order chi connectivity index (χ0) is 26.6. The molecule has 0 radical (unpaired) electrons. The number of aromatic nitrogens is 1. The van der Waals surface area contributed by atoms with Crippen LogP contribution in [0.15, 0.2) is 77.5 Å². The average Bonchev–Trinajstić information content (AvgIpc) is 3.41. The largest absolute Gasteiger partial charge is 0.497 e. The van der Waals surface area contributed by atoms with Gasteiger partial charge in [0.25, 0.3) is 0 Å². The molecule has 1 N–H and O–H groups in total. The van der Waals surface area contributed by atoms with Crippen LogP contribution in [0.1, 0.15) is 55.5 Å². The highest BCUT2D eigenvalue weighted by Gasteiger charge is 2.22. The van der Waals surface area contributed by atoms with Crippen LogP contribution in [-0.2, 0) is 16.8 Å². The normalized spacial score (nSPS) is 12.2. The third-order valence-corrected chi connectivity index (χ3v) is 6.24. The smallest absolute Gasteiger partial charge is 0.304 e. The van der Waals surface area contributed by atoms with E-state index in [-0.39, 0.29) is 24.3 Å². The van der Waals surface area contributed by atoms with Crippen LogP contribution in [0.3, 0.4) is 0 Å². The molecule has 37 heavy (non-hydrogen) atoms. The van der Waals surface area contributed by atoms with Crippen molar-refractivity contribution in [2.75, 3.05) is 7.11 Å². The lowest BCUT2D eigenvalue weighted by atomic mass is 9.81. The van der Waals surface area contributed by atoms with Gasteiger partial charge >= 0.3 is 5.97 Å². The van der Waals surface area contributed by atoms with Crippen LogP contribution in [0.25, 0.3) is 11.1 Å². The summed E-state index contributed by atoms with van der Waals surface area (Å²) in [6.45, 7) is 6.57. The molecule has 0 bridgehead atoms. The van der Waals surface area contributed by atoms with E-state index in [9.17, 15) is 14.3 Å². The van der Waals surface area contributed by atoms with Crippen LogP contribution in [0.4, 0.5) is 4.39 Å². The molecule has 0 saturated heterocycles. The quantitative estimate of drug-likeness (QED) is 0.266. The second-order valence-electron chi connectivity index (χ2n) is 9.91. The molecular weight excluding hydrogens is 473 g/mol. The van der Waals surface area contributed by atoms with Gasteiger partial charge in [-0.2, -0.15) is 0 Å². The average molecular weight is 504 g/mol. The zero-order valence-electron chi connectivity index (χ0n) is 21.3. The van der Waals surface area contributed by atoms with Crippen LogP contribution in [0, 0.1) is 5.82 Å². The van der Waals surface area contributed by atoms with Gasteiger partial charge in [0.15, 0.2) is 0 Å². The van der Waals surface area contributed by atoms with E-state index in [1.807, 2.05) is 30.3 Å². The summed E-state index contributed by atoms with van der Waals surface area (Å²) in [6, 6.07) is 19.6. The Morgan fingerprint density at radius 1 is 1.00 bits per heavy atom. The molecule has 0 fully saturated rings. The fraction of sp³-hybridized carbons (Fsp3) is 0.267. The Bertz CT molecular complexity index is 1360. The molecule has 0 spiro atoms. The van der Waals surface area contributed by atoms with E-state index < -0.39 is 11.9 Å². The van der Waals surface area contributed by atoms with E-state index in [0.717, 1.165) is 22.3 Å². The molecule has 0 aliphatic carbocycles. The molecule has 4 rings (SSSR count). The van der Waals surface area contributed by atoms with Crippen molar-refractivity contribution in [3.05, 3.63) is 101 Å². The summed E-state index contributed by atoms with van der Waals surface area (Å²) in [4.78, 5) is 11.4. The summed E-state index contributed by atoms with van der Waals surface area (Å²) in [6.07, 6.45) is 1.33. The molecular formula is C30H30FNO5. The number of aliphatic carboxylic acids is 1. The molecule has 1 unspecified atom stereocenters. The Morgan fingerprint density at radius 2 is 1.73 bits per heavy atom. The first-order chi connectivity index (χ1) is 17.7. The molecule has 0 saturated carbocycles. The lowest BCUT2D eigenvalue weighted by Crippen LogP contribution is -2.13. The highest BCUT2D eigenvalue weighted by atomic mass is 19.1. The molecule has 3 aromatic carbocycles. The molecule has 1 atom stereocenters. The van der Waals surface area contributed by atoms with E-state index in [1.54, 1.807) is 37.4 Å². The first-order valence-corrected chi connectivity index (χ1v) is 12.0. The van der Waals surface area contributed by atoms with Crippen molar-refractivity contribution in [2.24, 2.45) is 0 Å². The Hall–Kier alpha value is -4.13. The number of ether oxygens (including phenoxy) is 2. The minimum absolute atomic E-state index is 0.101. The first kappa shape index (κ1) is 25.9. The van der Waals surface area contributed by atoms with E-state index in [4.69, 9.17) is 14.0 Å². The lowest BCUT2D eigenvalue weighted by molar-refractivity contribution is -0.137. The van der Waals surface area contributed by atoms with Gasteiger partial charge in [-0.05, 0) is 64.1 Å². The van der Waals surface area contributed by atoms with Crippen molar-refractivity contribution in [3.63, 3.8) is 0 Å². The van der Waals surface area contributed by atoms with Crippen molar-refractivity contribution in [2.45, 2.75) is 45.1 Å². The van der Waals surface area contributed by atoms with Crippen molar-refractivity contribution in [1.82, 2.24) is 5.16 Å². The number of carboxylic acids is 1. The second kappa shape index (κ2) is 10.9. The van der Waals surface area contributed by atoms with E-state index in [0.29, 0.717) is 22.8 Å². The third-order valence-electron chi connectivity index (χ3n) is 6.24. The van der Waals surface area contributed by atoms with E-state index in [1.165, 1.54) is 12.3 Å². The topological polar surface area (TPSA) is 81.8 Å². The van der Waals surface area contributed by atoms with Crippen LogP contribution in [-0.4, -0.2) is 23.3 Å². The highest BCUT2D eigenvalue weighted by Crippen LogP contribution is 2.37. The van der Waals surface area contributed by atoms with Gasteiger partial charge in [0.2, 0.25) is 0 Å². The van der Waals surface area contributed by atoms with Crippen molar-refractivity contribution in [3.8, 4) is 22.6 Å². The number of rotatable bonds is 9. The van der Waals surface area contributed by atoms with Crippen LogP contribution >= 0.6 is 0 Å². The number of nitrogens with zero attached hydrogens (tertiary/aromatic N) is 1. The molecule has 7 heteroatoms. The standard InChI is InChI=1S/C30H30FNO5/c1-30(2,3)26-11-5-19(15-24(26)25-16-22(35-4)10-12-27(25)31)18-36-21-8-6-20(7-9-21)23(17-29(33)34)28-13-14-37-32-28/h5-16,23H,17-18H2,1-4H3,(H,33,34). The van der Waals surface area contributed by atoms with Crippen LogP contribution in [0.5, 0.6) is 11.5 Å². The summed E-state index contributed by atoms with van der Waals surface area (Å²) in [7, 11) is 1.56. The molecule has 1 heterocycles. The van der Waals surface area contributed by atoms with Crippen LogP contribution in [0.2, 0.25) is 0 Å². The predicted octanol–water partition coefficient (Wildman–Crippen LogP) is 6.97. The number of hydrogen-bond acceptors (Lipinski definition) is 5. The van der Waals surface area contributed by atoms with Crippen molar-refractivity contribution in [1.29, 1.82) is 0 Å². The molecule has 192 valence electrons. The van der Waals surface area contributed by atoms with E-state index >= 15 is 0 Å². The van der Waals surface area contributed by atoms with Gasteiger partial charge in [-0.25, -0.2) is 4.39 Å². The Kier molecular flexibility index (Phi) is 7.62. The Labute approximate surface area is 215 Å². The van der Waals surface area contributed by atoms with Gasteiger partial charge in [0, 0.05) is 17.5 Å². The minimum atomic E-state index is -0.921. The third kappa shape index (κ3) is 6.17. The van der Waals surface area contributed by atoms with E-state index in [2.05, 4.69) is 25.9 Å². The molecule has 6 nitrogen and oxygen atoms in total. The van der Waals surface area contributed by atoms with Gasteiger partial charge in [0.05, 0.1) is 19.2 Å². The summed E-state index contributed by atoms with van der Waals surface area (Å²) >= 11 is 0. The summed E-state index contributed by atoms with van der Waals surface area (Å²) in [5.74, 6) is -0.439. The summed E-state index contributed by atoms with van der Waals surface area (Å²) in [5, 5.41) is 13.2. The second-order valence-corrected chi connectivity index (χ2v) is 9.91. The fourth-order valence-electron chi connectivity index (χ4n) is 4.33. The minimum Gasteiger partial charge on any atom is -0.497 e. The monoisotopic (exact) mass is 503 g/mol. The van der Waals surface area contributed by atoms with Gasteiger partial charge < -0.3 is 19.1 Å². The fourth-order valence-corrected chi connectivity index (χ4v) is 4.33. The predicted molar refractivity (Wildman–Crippen MR) is 138 cm³/mol. The first-order valence-electron chi connectivity index (χ1n) is 12.0. The number of benzene rings is 3. The molecule has 4 aromatic rings. The number of hydrogen-bond donors (Lipinski definition) is 1. The molecule has 0 aliphatic rings.